The number of thioether (sulfide) groups is 1. The molecule has 1 unspecified atom stereocenters. The molecule has 4 rings (SSSR count). The molecule has 7 heteroatoms. The first-order valence-corrected chi connectivity index (χ1v) is 11.0. The van der Waals surface area contributed by atoms with Crippen LogP contribution in [0.2, 0.25) is 0 Å². The third-order valence-electron chi connectivity index (χ3n) is 4.68. The molecule has 1 amide bonds. The molecule has 2 heterocycles. The van der Waals surface area contributed by atoms with E-state index in [1.165, 1.54) is 35.9 Å². The fourth-order valence-electron chi connectivity index (χ4n) is 2.88. The van der Waals surface area contributed by atoms with Crippen LogP contribution in [0.15, 0.2) is 40.5 Å². The summed E-state index contributed by atoms with van der Waals surface area (Å²) < 4.78 is 0. The van der Waals surface area contributed by atoms with E-state index in [9.17, 15) is 9.59 Å². The van der Waals surface area contributed by atoms with E-state index in [1.807, 2.05) is 42.6 Å². The highest BCUT2D eigenvalue weighted by Crippen LogP contribution is 2.31. The van der Waals surface area contributed by atoms with Gasteiger partial charge in [-0.05, 0) is 31.2 Å². The minimum atomic E-state index is -0.173. The summed E-state index contributed by atoms with van der Waals surface area (Å²) in [5, 5.41) is 5.43. The van der Waals surface area contributed by atoms with Crippen molar-refractivity contribution in [1.29, 1.82) is 0 Å². The second kappa shape index (κ2) is 7.86. The molecule has 140 valence electrons. The van der Waals surface area contributed by atoms with Gasteiger partial charge in [-0.15, -0.1) is 23.1 Å². The third kappa shape index (κ3) is 4.25. The molecule has 1 atom stereocenters. The van der Waals surface area contributed by atoms with Crippen molar-refractivity contribution in [3.8, 4) is 11.1 Å². The van der Waals surface area contributed by atoms with Gasteiger partial charge in [0.1, 0.15) is 10.7 Å². The number of hydrogen-bond acceptors (Lipinski definition) is 5. The van der Waals surface area contributed by atoms with E-state index in [0.29, 0.717) is 22.9 Å². The highest BCUT2D eigenvalue weighted by Gasteiger charge is 2.23. The Kier molecular flexibility index (Phi) is 5.31. The highest BCUT2D eigenvalue weighted by atomic mass is 32.2. The zero-order chi connectivity index (χ0) is 18.8. The summed E-state index contributed by atoms with van der Waals surface area (Å²) in [5.74, 6) is 1.84. The van der Waals surface area contributed by atoms with Gasteiger partial charge in [-0.25, -0.2) is 4.98 Å². The Bertz CT molecular complexity index is 1010. The summed E-state index contributed by atoms with van der Waals surface area (Å²) in [6.07, 6.45) is 2.44. The first-order chi connectivity index (χ1) is 13.1. The summed E-state index contributed by atoms with van der Waals surface area (Å²) in [6, 6.07) is 9.86. The van der Waals surface area contributed by atoms with Crippen molar-refractivity contribution in [2.24, 2.45) is 5.92 Å². The smallest absolute Gasteiger partial charge is 0.260 e. The number of benzene rings is 1. The molecule has 1 aromatic carbocycles. The van der Waals surface area contributed by atoms with Gasteiger partial charge >= 0.3 is 0 Å². The van der Waals surface area contributed by atoms with E-state index in [1.54, 1.807) is 0 Å². The Morgan fingerprint density at radius 2 is 2.15 bits per heavy atom. The fourth-order valence-corrected chi connectivity index (χ4v) is 4.63. The number of aromatic nitrogens is 2. The Labute approximate surface area is 165 Å². The monoisotopic (exact) mass is 399 g/mol. The molecule has 0 spiro atoms. The normalized spacial score (nSPS) is 15.0. The van der Waals surface area contributed by atoms with Gasteiger partial charge in [0.2, 0.25) is 5.91 Å². The zero-order valence-corrected chi connectivity index (χ0v) is 16.7. The molecule has 2 N–H and O–H groups in total. The Morgan fingerprint density at radius 3 is 2.89 bits per heavy atom. The van der Waals surface area contributed by atoms with E-state index < -0.39 is 0 Å². The Hall–Kier alpha value is -2.12. The average molecular weight is 400 g/mol. The van der Waals surface area contributed by atoms with Gasteiger partial charge in [-0.1, -0.05) is 30.3 Å². The number of carbonyl (C=O) groups is 1. The zero-order valence-electron chi connectivity index (χ0n) is 15.0. The molecule has 5 nitrogen and oxygen atoms in total. The maximum Gasteiger partial charge on any atom is 0.260 e. The fraction of sp³-hybridized carbons (Fsp3) is 0.350. The van der Waals surface area contributed by atoms with Crippen LogP contribution >= 0.6 is 23.1 Å². The van der Waals surface area contributed by atoms with E-state index in [-0.39, 0.29) is 16.7 Å². The second-order valence-corrected chi connectivity index (χ2v) is 9.04. The van der Waals surface area contributed by atoms with Gasteiger partial charge < -0.3 is 10.3 Å². The van der Waals surface area contributed by atoms with Crippen LogP contribution in [0.4, 0.5) is 0 Å². The van der Waals surface area contributed by atoms with Gasteiger partial charge in [0.05, 0.1) is 16.4 Å². The van der Waals surface area contributed by atoms with Gasteiger partial charge in [-0.2, -0.15) is 0 Å². The van der Waals surface area contributed by atoms with Gasteiger partial charge in [0.15, 0.2) is 0 Å². The summed E-state index contributed by atoms with van der Waals surface area (Å²) in [7, 11) is 0. The molecule has 1 aliphatic carbocycles. The van der Waals surface area contributed by atoms with Gasteiger partial charge in [0.25, 0.3) is 5.56 Å². The number of fused-ring (bicyclic) bond motifs is 1. The van der Waals surface area contributed by atoms with E-state index in [0.717, 1.165) is 22.5 Å². The molecule has 1 aliphatic rings. The van der Waals surface area contributed by atoms with Crippen molar-refractivity contribution >= 4 is 39.2 Å². The van der Waals surface area contributed by atoms with E-state index in [2.05, 4.69) is 15.3 Å². The molecule has 0 aliphatic heterocycles. The molecular weight excluding hydrogens is 378 g/mol. The number of rotatable bonds is 7. The minimum absolute atomic E-state index is 0.0535. The number of nitrogens with one attached hydrogen (secondary N) is 2. The van der Waals surface area contributed by atoms with Crippen molar-refractivity contribution in [3.05, 3.63) is 51.9 Å². The third-order valence-corrected chi connectivity index (χ3v) is 6.71. The van der Waals surface area contributed by atoms with Crippen LogP contribution in [-0.2, 0) is 10.5 Å². The van der Waals surface area contributed by atoms with Crippen molar-refractivity contribution in [2.75, 3.05) is 6.54 Å². The lowest BCUT2D eigenvalue weighted by Crippen LogP contribution is -2.32. The average Bonchev–Trinajstić information content (AvgIpc) is 3.42. The lowest BCUT2D eigenvalue weighted by atomic mass is 10.1. The molecule has 3 aromatic rings. The predicted octanol–water partition coefficient (Wildman–Crippen LogP) is 3.80. The lowest BCUT2D eigenvalue weighted by Gasteiger charge is -2.11. The quantitative estimate of drug-likeness (QED) is 0.634. The Balaban J connectivity index is 1.47. The highest BCUT2D eigenvalue weighted by molar-refractivity contribution is 7.99. The standard InChI is InChI=1S/C20H21N3O2S2/c1-12(18(24)21-9-13-7-8-13)26-11-16-22-19(25)17-15(10-27-20(17)23-16)14-5-3-2-4-6-14/h2-6,10,12-13H,7-9,11H2,1H3,(H,21,24)(H,22,23,25). The van der Waals surface area contributed by atoms with Crippen LogP contribution in [0.1, 0.15) is 25.6 Å². The maximum atomic E-state index is 12.6. The molecule has 0 saturated heterocycles. The molecule has 0 bridgehead atoms. The van der Waals surface area contributed by atoms with Crippen LogP contribution in [0, 0.1) is 5.92 Å². The first-order valence-electron chi connectivity index (χ1n) is 9.07. The number of aromatic amines is 1. The van der Waals surface area contributed by atoms with Crippen LogP contribution < -0.4 is 10.9 Å². The van der Waals surface area contributed by atoms with E-state index in [4.69, 9.17) is 0 Å². The SMILES string of the molecule is CC(SCc1nc2scc(-c3ccccc3)c2c(=O)[nH]1)C(=O)NCC1CC1. The number of hydrogen-bond donors (Lipinski definition) is 2. The topological polar surface area (TPSA) is 74.8 Å². The number of H-pyrrole nitrogens is 1. The lowest BCUT2D eigenvalue weighted by molar-refractivity contribution is -0.120. The molecule has 1 saturated carbocycles. The predicted molar refractivity (Wildman–Crippen MR) is 112 cm³/mol. The van der Waals surface area contributed by atoms with Crippen LogP contribution in [-0.4, -0.2) is 27.7 Å². The molecule has 0 radical (unpaired) electrons. The van der Waals surface area contributed by atoms with Crippen molar-refractivity contribution in [3.63, 3.8) is 0 Å². The molecular formula is C20H21N3O2S2. The van der Waals surface area contributed by atoms with Crippen molar-refractivity contribution in [2.45, 2.75) is 30.8 Å². The summed E-state index contributed by atoms with van der Waals surface area (Å²) in [4.78, 5) is 33.0. The van der Waals surface area contributed by atoms with Gasteiger partial charge in [-0.3, -0.25) is 9.59 Å². The van der Waals surface area contributed by atoms with Crippen LogP contribution in [0.3, 0.4) is 0 Å². The molecule has 2 aromatic heterocycles. The first kappa shape index (κ1) is 18.3. The number of nitrogens with zero attached hydrogens (tertiary/aromatic N) is 1. The van der Waals surface area contributed by atoms with Crippen LogP contribution in [0.25, 0.3) is 21.3 Å². The summed E-state index contributed by atoms with van der Waals surface area (Å²) in [5.41, 5.74) is 1.80. The van der Waals surface area contributed by atoms with Crippen molar-refractivity contribution in [1.82, 2.24) is 15.3 Å². The Morgan fingerprint density at radius 1 is 1.37 bits per heavy atom. The van der Waals surface area contributed by atoms with Crippen LogP contribution in [0.5, 0.6) is 0 Å². The second-order valence-electron chi connectivity index (χ2n) is 6.85. The largest absolute Gasteiger partial charge is 0.355 e. The maximum absolute atomic E-state index is 12.6. The molecule has 1 fully saturated rings. The number of carbonyl (C=O) groups excluding carboxylic acids is 1. The summed E-state index contributed by atoms with van der Waals surface area (Å²) >= 11 is 2.97. The van der Waals surface area contributed by atoms with Gasteiger partial charge in [0, 0.05) is 17.5 Å². The number of thiophene rings is 1. The molecule has 27 heavy (non-hydrogen) atoms. The van der Waals surface area contributed by atoms with E-state index >= 15 is 0 Å². The van der Waals surface area contributed by atoms with Crippen molar-refractivity contribution < 1.29 is 4.79 Å². The summed E-state index contributed by atoms with van der Waals surface area (Å²) in [6.45, 7) is 2.67. The number of amides is 1. The minimum Gasteiger partial charge on any atom is -0.355 e.